The van der Waals surface area contributed by atoms with Gasteiger partial charge < -0.3 is 24.0 Å². The Labute approximate surface area is 491 Å². The highest BCUT2D eigenvalue weighted by Crippen LogP contribution is 2.44. The minimum absolute atomic E-state index is 0.00133. The van der Waals surface area contributed by atoms with Gasteiger partial charge in [0.25, 0.3) is 0 Å². The second-order valence-corrected chi connectivity index (χ2v) is 25.2. The van der Waals surface area contributed by atoms with Gasteiger partial charge >= 0.3 is 23.9 Å². The SMILES string of the molecule is C#Cc1c(F)ccc2cccc(-c3ncc4c(N5CC6CCC(C5)N6C(=O)OC(C)(C)C)nc(OC[C@@]56CCCN5[C@H](COC(=O)N5CCC(N7CCN(Cc8cccc9c8n(C)c(=O)n9C8CCC(=O)NC8=O)CC7)CC5)CC6)nc4c3F)c12. The van der Waals surface area contributed by atoms with Crippen LogP contribution in [0, 0.1) is 24.0 Å². The van der Waals surface area contributed by atoms with Crippen LogP contribution in [-0.4, -0.2) is 180 Å². The third kappa shape index (κ3) is 10.4. The number of nitrogens with one attached hydrogen (secondary N) is 1. The number of imidazole rings is 1. The first-order valence-electron chi connectivity index (χ1n) is 30.1. The number of fused-ring (bicyclic) bond motifs is 6. The minimum Gasteiger partial charge on any atom is -0.461 e. The van der Waals surface area contributed by atoms with Gasteiger partial charge in [0.05, 0.1) is 39.6 Å². The minimum atomic E-state index is -0.734. The summed E-state index contributed by atoms with van der Waals surface area (Å²) in [6.07, 6.45) is 13.8. The van der Waals surface area contributed by atoms with Gasteiger partial charge in [0.1, 0.15) is 47.7 Å². The molecule has 3 aromatic carbocycles. The molecule has 0 radical (unpaired) electrons. The number of imide groups is 1. The van der Waals surface area contributed by atoms with Gasteiger partial charge in [-0.3, -0.25) is 48.6 Å². The number of benzene rings is 3. The fraction of sp³-hybridized carbons (Fsp3) is 0.524. The number of piperidine rings is 2. The number of piperazine rings is 2. The monoisotopic (exact) mass is 1160 g/mol. The molecule has 6 aromatic rings. The van der Waals surface area contributed by atoms with Crippen molar-refractivity contribution >= 4 is 62.5 Å². The van der Waals surface area contributed by atoms with E-state index in [4.69, 9.17) is 30.6 Å². The molecule has 10 heterocycles. The Morgan fingerprint density at radius 2 is 1.62 bits per heavy atom. The average Bonchev–Trinajstić information content (AvgIpc) is 2.23. The number of terminal acetylenes is 1. The normalized spacial score (nSPS) is 24.4. The molecule has 0 spiro atoms. The molecule has 0 saturated carbocycles. The van der Waals surface area contributed by atoms with Gasteiger partial charge in [0.2, 0.25) is 11.8 Å². The Balaban J connectivity index is 0.652. The van der Waals surface area contributed by atoms with E-state index in [0.29, 0.717) is 71.8 Å². The maximum Gasteiger partial charge on any atom is 0.410 e. The lowest BCUT2D eigenvalue weighted by atomic mass is 9.95. The average molecular weight is 1160 g/mol. The lowest BCUT2D eigenvalue weighted by molar-refractivity contribution is -0.135. The number of anilines is 1. The van der Waals surface area contributed by atoms with Crippen molar-refractivity contribution in [2.45, 2.75) is 133 Å². The molecule has 4 amide bonds. The number of para-hydroxylation sites is 1. The molecule has 3 aromatic heterocycles. The highest BCUT2D eigenvalue weighted by Gasteiger charge is 2.51. The number of aromatic nitrogens is 5. The van der Waals surface area contributed by atoms with Gasteiger partial charge in [0.15, 0.2) is 5.82 Å². The Kier molecular flexibility index (Phi) is 14.8. The zero-order chi connectivity index (χ0) is 59.1. The summed E-state index contributed by atoms with van der Waals surface area (Å²) in [5.41, 5.74) is 1.47. The van der Waals surface area contributed by atoms with Crippen LogP contribution in [-0.2, 0) is 32.7 Å². The Bertz CT molecular complexity index is 3750. The number of ether oxygens (including phenoxy) is 3. The molecule has 3 unspecified atom stereocenters. The van der Waals surface area contributed by atoms with E-state index in [1.165, 1.54) is 10.6 Å². The van der Waals surface area contributed by atoms with Gasteiger partial charge in [-0.05, 0) is 108 Å². The third-order valence-electron chi connectivity index (χ3n) is 19.1. The summed E-state index contributed by atoms with van der Waals surface area (Å²) in [5, 5.41) is 3.76. The van der Waals surface area contributed by atoms with Crippen molar-refractivity contribution in [2.24, 2.45) is 7.05 Å². The smallest absolute Gasteiger partial charge is 0.410 e. The number of hydrogen-bond acceptors (Lipinski definition) is 15. The number of amides is 4. The van der Waals surface area contributed by atoms with E-state index in [9.17, 15) is 24.0 Å². The van der Waals surface area contributed by atoms with Crippen LogP contribution in [0.3, 0.4) is 0 Å². The van der Waals surface area contributed by atoms with E-state index in [-0.39, 0.29) is 96.3 Å². The van der Waals surface area contributed by atoms with E-state index in [1.54, 1.807) is 42.1 Å². The molecule has 22 heteroatoms. The molecule has 85 heavy (non-hydrogen) atoms. The predicted octanol–water partition coefficient (Wildman–Crippen LogP) is 7.12. The van der Waals surface area contributed by atoms with E-state index in [2.05, 4.69) is 35.8 Å². The van der Waals surface area contributed by atoms with Gasteiger partial charge in [-0.15, -0.1) is 6.42 Å². The molecule has 7 aliphatic heterocycles. The van der Waals surface area contributed by atoms with Crippen molar-refractivity contribution in [2.75, 3.05) is 77.0 Å². The summed E-state index contributed by atoms with van der Waals surface area (Å²) < 4.78 is 54.5. The van der Waals surface area contributed by atoms with Gasteiger partial charge in [0, 0.05) is 102 Å². The molecular weight excluding hydrogens is 1090 g/mol. The summed E-state index contributed by atoms with van der Waals surface area (Å²) in [5.74, 6) is 0.810. The number of rotatable bonds is 11. The zero-order valence-electron chi connectivity index (χ0n) is 48.7. The quantitative estimate of drug-likeness (QED) is 0.102. The summed E-state index contributed by atoms with van der Waals surface area (Å²) in [6.45, 7) is 13.0. The number of nitrogens with zero attached hydrogens (tertiary/aromatic N) is 11. The van der Waals surface area contributed by atoms with Crippen LogP contribution in [0.5, 0.6) is 6.01 Å². The van der Waals surface area contributed by atoms with Crippen molar-refractivity contribution < 1.29 is 42.2 Å². The summed E-state index contributed by atoms with van der Waals surface area (Å²) in [4.78, 5) is 93.0. The molecular formula is C63H72F2N12O8. The van der Waals surface area contributed by atoms with Crippen LogP contribution < -0.4 is 20.6 Å². The zero-order valence-corrected chi connectivity index (χ0v) is 48.7. The number of hydrogen-bond donors (Lipinski definition) is 1. The van der Waals surface area contributed by atoms with E-state index < -0.39 is 29.2 Å². The second kappa shape index (κ2) is 22.3. The van der Waals surface area contributed by atoms with Crippen LogP contribution in [0.2, 0.25) is 0 Å². The lowest BCUT2D eigenvalue weighted by Gasteiger charge is -2.42. The maximum absolute atomic E-state index is 17.5. The molecule has 20 nitrogen and oxygen atoms in total. The highest BCUT2D eigenvalue weighted by atomic mass is 19.1. The molecule has 1 N–H and O–H groups in total. The standard InChI is InChI=1S/C63H72F2N12O8/c1-6-44-47(64)17-14-38-10-7-12-45(51(38)44)53-52(65)54-46(32-66-53)56(74-34-41-15-16-42(35-74)76(41)61(82)85-62(2,3)4)69-58(68-54)84-37-63-23-9-25-75(63)43(20-24-63)36-83-60(81)73-26-21-40(22-27-73)72-30-28-71(29-31-72)33-39-11-8-13-48-55(39)70(5)59(80)77(48)49-18-19-50(78)67-57(49)79/h1,7-8,10-14,17,32,40-43,49H,9,15-16,18-31,33-37H2,2-5H3,(H,67,78,79)/t41?,42?,43-,49?,63-/m0/s1. The van der Waals surface area contributed by atoms with E-state index >= 15 is 8.78 Å². The number of carbonyl (C=O) groups is 4. The van der Waals surface area contributed by atoms with Crippen LogP contribution in [0.15, 0.2) is 59.5 Å². The fourth-order valence-electron chi connectivity index (χ4n) is 15.0. The van der Waals surface area contributed by atoms with Crippen molar-refractivity contribution in [3.05, 3.63) is 88.0 Å². The van der Waals surface area contributed by atoms with Crippen LogP contribution >= 0.6 is 0 Å². The van der Waals surface area contributed by atoms with Crippen molar-refractivity contribution in [1.29, 1.82) is 0 Å². The molecule has 7 aliphatic rings. The number of carbonyl (C=O) groups excluding carboxylic acids is 4. The first kappa shape index (κ1) is 56.4. The van der Waals surface area contributed by atoms with Crippen LogP contribution in [0.25, 0.3) is 44.0 Å². The third-order valence-corrected chi connectivity index (χ3v) is 19.1. The topological polar surface area (TPSA) is 193 Å². The highest BCUT2D eigenvalue weighted by molar-refractivity contribution is 6.02. The molecule has 2 bridgehead atoms. The van der Waals surface area contributed by atoms with E-state index in [1.807, 2.05) is 48.8 Å². The molecule has 7 fully saturated rings. The number of aryl methyl sites for hydroxylation is 1. The predicted molar refractivity (Wildman–Crippen MR) is 314 cm³/mol. The number of pyridine rings is 1. The molecule has 13 rings (SSSR count). The number of halogens is 2. The van der Waals surface area contributed by atoms with Gasteiger partial charge in [-0.1, -0.05) is 42.3 Å². The molecule has 5 atom stereocenters. The largest absolute Gasteiger partial charge is 0.461 e. The summed E-state index contributed by atoms with van der Waals surface area (Å²) in [6, 6.07) is 13.2. The van der Waals surface area contributed by atoms with Gasteiger partial charge in [-0.25, -0.2) is 23.2 Å². The first-order chi connectivity index (χ1) is 41.0. The van der Waals surface area contributed by atoms with Crippen molar-refractivity contribution in [3.63, 3.8) is 0 Å². The Morgan fingerprint density at radius 1 is 0.859 bits per heavy atom. The Morgan fingerprint density at radius 3 is 2.36 bits per heavy atom. The lowest BCUT2D eigenvalue weighted by Crippen LogP contribution is -2.57. The summed E-state index contributed by atoms with van der Waals surface area (Å²) in [7, 11) is 1.74. The van der Waals surface area contributed by atoms with Crippen LogP contribution in [0.1, 0.15) is 102 Å². The molecule has 7 saturated heterocycles. The Hall–Kier alpha value is -7.74. The fourth-order valence-corrected chi connectivity index (χ4v) is 15.0. The van der Waals surface area contributed by atoms with Crippen LogP contribution in [0.4, 0.5) is 24.2 Å². The van der Waals surface area contributed by atoms with Crippen molar-refractivity contribution in [3.8, 4) is 29.6 Å². The van der Waals surface area contributed by atoms with Gasteiger partial charge in [-0.2, -0.15) is 9.97 Å². The molecule has 446 valence electrons. The summed E-state index contributed by atoms with van der Waals surface area (Å²) >= 11 is 0. The van der Waals surface area contributed by atoms with Crippen molar-refractivity contribution in [1.82, 2.24) is 53.9 Å². The molecule has 0 aliphatic carbocycles. The number of likely N-dealkylation sites (tertiary alicyclic amines) is 1. The van der Waals surface area contributed by atoms with E-state index in [0.717, 1.165) is 95.2 Å². The second-order valence-electron chi connectivity index (χ2n) is 25.2. The first-order valence-corrected chi connectivity index (χ1v) is 30.1. The maximum atomic E-state index is 17.5.